The lowest BCUT2D eigenvalue weighted by Gasteiger charge is -2.36. The number of carbonyl (C=O) groups excluding carboxylic acids is 2. The van der Waals surface area contributed by atoms with Crippen molar-refractivity contribution in [3.8, 4) is 11.5 Å². The standard InChI is InChI=1S/C34H38ClF2N3O5.ClH/c1-43-15-4-16-44-32-6-3-2-5-24(32)21-45-26-11-7-23(28(35)18-26)20-40(25-9-10-25)34(42)27-19-38-14-13-31(27)39-33(41)22-8-12-29(36)30(37)17-22;/h2-3,5-8,11-12,17-18,25,27,31,38H,4,9-10,13-16,19-21H2,1H3,(H,39,41);1H. The molecule has 1 saturated heterocycles. The first-order valence-corrected chi connectivity index (χ1v) is 15.6. The van der Waals surface area contributed by atoms with Crippen LogP contribution in [0.1, 0.15) is 47.2 Å². The molecule has 248 valence electrons. The molecule has 0 spiro atoms. The average Bonchev–Trinajstić information content (AvgIpc) is 3.89. The number of halogens is 4. The molecule has 5 rings (SSSR count). The van der Waals surface area contributed by atoms with Crippen LogP contribution in [0, 0.1) is 17.6 Å². The number of carbonyl (C=O) groups is 2. The summed E-state index contributed by atoms with van der Waals surface area (Å²) in [6, 6.07) is 15.8. The molecule has 8 nitrogen and oxygen atoms in total. The second-order valence-corrected chi connectivity index (χ2v) is 11.8. The molecule has 0 aromatic heterocycles. The Morgan fingerprint density at radius 3 is 2.52 bits per heavy atom. The van der Waals surface area contributed by atoms with Crippen LogP contribution in [0.4, 0.5) is 8.78 Å². The molecule has 1 saturated carbocycles. The van der Waals surface area contributed by atoms with Crippen LogP contribution in [-0.2, 0) is 22.7 Å². The lowest BCUT2D eigenvalue weighted by molar-refractivity contribution is -0.138. The molecule has 1 aliphatic heterocycles. The van der Waals surface area contributed by atoms with Crippen LogP contribution in [0.3, 0.4) is 0 Å². The number of benzene rings is 3. The monoisotopic (exact) mass is 677 g/mol. The van der Waals surface area contributed by atoms with Crippen molar-refractivity contribution in [2.45, 2.75) is 50.9 Å². The van der Waals surface area contributed by atoms with Crippen molar-refractivity contribution in [3.05, 3.63) is 94.0 Å². The van der Waals surface area contributed by atoms with Gasteiger partial charge in [-0.1, -0.05) is 35.9 Å². The third kappa shape index (κ3) is 9.31. The van der Waals surface area contributed by atoms with E-state index in [0.29, 0.717) is 56.6 Å². The molecule has 2 fully saturated rings. The highest BCUT2D eigenvalue weighted by Gasteiger charge is 2.40. The van der Waals surface area contributed by atoms with E-state index in [1.54, 1.807) is 13.2 Å². The molecule has 0 bridgehead atoms. The van der Waals surface area contributed by atoms with Crippen molar-refractivity contribution in [1.82, 2.24) is 15.5 Å². The fourth-order valence-corrected chi connectivity index (χ4v) is 5.64. The predicted octanol–water partition coefficient (Wildman–Crippen LogP) is 5.93. The number of para-hydroxylation sites is 1. The summed E-state index contributed by atoms with van der Waals surface area (Å²) in [7, 11) is 1.66. The van der Waals surface area contributed by atoms with Crippen LogP contribution in [0.2, 0.25) is 5.02 Å². The largest absolute Gasteiger partial charge is 0.493 e. The van der Waals surface area contributed by atoms with Crippen LogP contribution >= 0.6 is 24.0 Å². The highest BCUT2D eigenvalue weighted by Crippen LogP contribution is 2.33. The van der Waals surface area contributed by atoms with E-state index in [4.69, 9.17) is 25.8 Å². The predicted molar refractivity (Wildman–Crippen MR) is 174 cm³/mol. The summed E-state index contributed by atoms with van der Waals surface area (Å²) < 4.78 is 44.1. The third-order valence-corrected chi connectivity index (χ3v) is 8.40. The normalized spacial score (nSPS) is 17.5. The zero-order valence-electron chi connectivity index (χ0n) is 25.6. The van der Waals surface area contributed by atoms with E-state index >= 15 is 0 Å². The second kappa shape index (κ2) is 16.9. The van der Waals surface area contributed by atoms with Crippen LogP contribution in [0.25, 0.3) is 0 Å². The minimum absolute atomic E-state index is 0. The molecule has 3 aromatic rings. The van der Waals surface area contributed by atoms with E-state index < -0.39 is 29.5 Å². The Labute approximate surface area is 279 Å². The Morgan fingerprint density at radius 2 is 1.78 bits per heavy atom. The molecule has 3 aromatic carbocycles. The third-order valence-electron chi connectivity index (χ3n) is 8.05. The van der Waals surface area contributed by atoms with Crippen molar-refractivity contribution in [2.75, 3.05) is 33.4 Å². The molecule has 1 heterocycles. The fraction of sp³-hybridized carbons (Fsp3) is 0.412. The van der Waals surface area contributed by atoms with Gasteiger partial charge in [0.15, 0.2) is 11.6 Å². The van der Waals surface area contributed by atoms with Crippen molar-refractivity contribution in [2.24, 2.45) is 5.92 Å². The van der Waals surface area contributed by atoms with Gasteiger partial charge in [0, 0.05) is 61.5 Å². The van der Waals surface area contributed by atoms with Gasteiger partial charge in [0.1, 0.15) is 18.1 Å². The number of methoxy groups -OCH3 is 1. The maximum absolute atomic E-state index is 13.9. The number of piperidine rings is 1. The summed E-state index contributed by atoms with van der Waals surface area (Å²) in [5, 5.41) is 6.63. The van der Waals surface area contributed by atoms with E-state index in [-0.39, 0.29) is 29.9 Å². The van der Waals surface area contributed by atoms with E-state index in [9.17, 15) is 18.4 Å². The molecule has 46 heavy (non-hydrogen) atoms. The summed E-state index contributed by atoms with van der Waals surface area (Å²) >= 11 is 6.71. The molecular weight excluding hydrogens is 639 g/mol. The summed E-state index contributed by atoms with van der Waals surface area (Å²) in [6.07, 6.45) is 3.10. The maximum Gasteiger partial charge on any atom is 0.251 e. The topological polar surface area (TPSA) is 89.1 Å². The van der Waals surface area contributed by atoms with E-state index in [1.165, 1.54) is 6.07 Å². The molecular formula is C34H39Cl2F2N3O5. The average molecular weight is 679 g/mol. The minimum atomic E-state index is -1.10. The van der Waals surface area contributed by atoms with Crippen LogP contribution in [0.5, 0.6) is 11.5 Å². The van der Waals surface area contributed by atoms with Crippen molar-refractivity contribution >= 4 is 35.8 Å². The number of hydrogen-bond acceptors (Lipinski definition) is 6. The van der Waals surface area contributed by atoms with Crippen LogP contribution in [0.15, 0.2) is 60.7 Å². The highest BCUT2D eigenvalue weighted by molar-refractivity contribution is 6.31. The van der Waals surface area contributed by atoms with Crippen molar-refractivity contribution in [3.63, 3.8) is 0 Å². The lowest BCUT2D eigenvalue weighted by atomic mass is 9.91. The van der Waals surface area contributed by atoms with Gasteiger partial charge >= 0.3 is 0 Å². The number of nitrogens with zero attached hydrogens (tertiary/aromatic N) is 1. The first-order chi connectivity index (χ1) is 21.8. The number of rotatable bonds is 14. The van der Waals surface area contributed by atoms with Gasteiger partial charge in [-0.05, 0) is 67.8 Å². The molecule has 2 aliphatic rings. The smallest absolute Gasteiger partial charge is 0.251 e. The Bertz CT molecular complexity index is 1490. The van der Waals surface area contributed by atoms with Gasteiger partial charge in [-0.25, -0.2) is 8.78 Å². The van der Waals surface area contributed by atoms with Gasteiger partial charge in [-0.3, -0.25) is 9.59 Å². The summed E-state index contributed by atoms with van der Waals surface area (Å²) in [6.45, 7) is 2.80. The molecule has 12 heteroatoms. The number of nitrogens with one attached hydrogen (secondary N) is 2. The second-order valence-electron chi connectivity index (χ2n) is 11.3. The Morgan fingerprint density at radius 1 is 0.978 bits per heavy atom. The summed E-state index contributed by atoms with van der Waals surface area (Å²) in [5.41, 5.74) is 1.70. The van der Waals surface area contributed by atoms with Crippen molar-refractivity contribution < 1.29 is 32.6 Å². The van der Waals surface area contributed by atoms with E-state index in [2.05, 4.69) is 10.6 Å². The fourth-order valence-electron chi connectivity index (χ4n) is 5.41. The highest BCUT2D eigenvalue weighted by atomic mass is 35.5. The molecule has 0 radical (unpaired) electrons. The van der Waals surface area contributed by atoms with Crippen LogP contribution < -0.4 is 20.1 Å². The zero-order chi connectivity index (χ0) is 31.8. The first kappa shape index (κ1) is 35.4. The summed E-state index contributed by atoms with van der Waals surface area (Å²) in [5.74, 6) is -1.92. The Hall–Kier alpha value is -3.44. The minimum Gasteiger partial charge on any atom is -0.493 e. The lowest BCUT2D eigenvalue weighted by Crippen LogP contribution is -2.55. The Kier molecular flexibility index (Phi) is 13.0. The van der Waals surface area contributed by atoms with Gasteiger partial charge in [-0.2, -0.15) is 0 Å². The van der Waals surface area contributed by atoms with Crippen LogP contribution in [-0.4, -0.2) is 62.2 Å². The van der Waals surface area contributed by atoms with Gasteiger partial charge < -0.3 is 29.7 Å². The van der Waals surface area contributed by atoms with E-state index in [1.807, 2.05) is 41.3 Å². The molecule has 2 N–H and O–H groups in total. The van der Waals surface area contributed by atoms with E-state index in [0.717, 1.165) is 48.3 Å². The number of amides is 2. The van der Waals surface area contributed by atoms with Gasteiger partial charge in [0.25, 0.3) is 5.91 Å². The summed E-state index contributed by atoms with van der Waals surface area (Å²) in [4.78, 5) is 28.6. The van der Waals surface area contributed by atoms with Gasteiger partial charge in [0.2, 0.25) is 5.91 Å². The number of ether oxygens (including phenoxy) is 3. The maximum atomic E-state index is 13.9. The van der Waals surface area contributed by atoms with Gasteiger partial charge in [-0.15, -0.1) is 12.4 Å². The first-order valence-electron chi connectivity index (χ1n) is 15.2. The zero-order valence-corrected chi connectivity index (χ0v) is 27.2. The SMILES string of the molecule is COCCCOc1ccccc1COc1ccc(CN(C(=O)C2CNCCC2NC(=O)c2ccc(F)c(F)c2)C2CC2)c(Cl)c1.Cl. The molecule has 2 unspecified atom stereocenters. The molecule has 1 aliphatic carbocycles. The quantitative estimate of drug-likeness (QED) is 0.206. The van der Waals surface area contributed by atoms with Crippen molar-refractivity contribution in [1.29, 1.82) is 0 Å². The molecule has 2 atom stereocenters. The van der Waals surface area contributed by atoms with Gasteiger partial charge in [0.05, 0.1) is 12.5 Å². The molecule has 2 amide bonds. The number of hydrogen-bond donors (Lipinski definition) is 2. The Balaban J connectivity index is 0.00000480.